The summed E-state index contributed by atoms with van der Waals surface area (Å²) in [6.07, 6.45) is 1.63. The molecule has 0 aliphatic rings. The molecule has 0 aliphatic carbocycles. The van der Waals surface area contributed by atoms with Gasteiger partial charge in [0.1, 0.15) is 6.04 Å². The lowest BCUT2D eigenvalue weighted by molar-refractivity contribution is 0.515. The maximum absolute atomic E-state index is 12.5. The van der Waals surface area contributed by atoms with Gasteiger partial charge in [0.25, 0.3) is 0 Å². The van der Waals surface area contributed by atoms with Crippen LogP contribution in [0.3, 0.4) is 0 Å². The van der Waals surface area contributed by atoms with E-state index in [1.54, 1.807) is 44.3 Å². The Morgan fingerprint density at radius 1 is 1.29 bits per heavy atom. The zero-order chi connectivity index (χ0) is 15.6. The number of nitrogens with zero attached hydrogens (tertiary/aromatic N) is 2. The lowest BCUT2D eigenvalue weighted by atomic mass is 10.1. The van der Waals surface area contributed by atoms with Gasteiger partial charge in [-0.1, -0.05) is 19.9 Å². The number of hydrogen-bond donors (Lipinski definition) is 1. The largest absolute Gasteiger partial charge is 0.256 e. The molecule has 2 rings (SSSR count). The summed E-state index contributed by atoms with van der Waals surface area (Å²) in [7, 11) is -3.77. The van der Waals surface area contributed by atoms with Crippen molar-refractivity contribution >= 4 is 20.9 Å². The van der Waals surface area contributed by atoms with Crippen molar-refractivity contribution in [2.75, 3.05) is 0 Å². The van der Waals surface area contributed by atoms with Crippen LogP contribution in [0.5, 0.6) is 0 Å². The normalized spacial score (nSPS) is 13.3. The first-order chi connectivity index (χ1) is 9.86. The van der Waals surface area contributed by atoms with Crippen LogP contribution in [0.4, 0.5) is 0 Å². The van der Waals surface area contributed by atoms with Crippen molar-refractivity contribution in [3.05, 3.63) is 36.0 Å². The van der Waals surface area contributed by atoms with Gasteiger partial charge in [0.2, 0.25) is 10.0 Å². The third-order valence-electron chi connectivity index (χ3n) is 3.31. The summed E-state index contributed by atoms with van der Waals surface area (Å²) in [6.45, 7) is 5.47. The number of pyridine rings is 1. The fourth-order valence-corrected chi connectivity index (χ4v) is 3.55. The summed E-state index contributed by atoms with van der Waals surface area (Å²) in [4.78, 5) is 4.38. The second-order valence-electron chi connectivity index (χ2n) is 5.25. The summed E-state index contributed by atoms with van der Waals surface area (Å²) >= 11 is 0. The molecule has 0 spiro atoms. The molecule has 1 aromatic heterocycles. The second kappa shape index (κ2) is 5.80. The third-order valence-corrected chi connectivity index (χ3v) is 4.81. The van der Waals surface area contributed by atoms with E-state index in [1.807, 2.05) is 13.0 Å². The number of fused-ring (bicyclic) bond motifs is 1. The van der Waals surface area contributed by atoms with Crippen molar-refractivity contribution in [1.82, 2.24) is 9.71 Å². The zero-order valence-corrected chi connectivity index (χ0v) is 13.0. The number of nitriles is 1. The summed E-state index contributed by atoms with van der Waals surface area (Å²) in [5, 5.41) is 9.64. The number of sulfonamides is 1. The molecule has 1 N–H and O–H groups in total. The van der Waals surface area contributed by atoms with Gasteiger partial charge in [-0.25, -0.2) is 8.42 Å². The average Bonchev–Trinajstić information content (AvgIpc) is 2.45. The Bertz CT molecular complexity index is 807. The van der Waals surface area contributed by atoms with Crippen LogP contribution in [-0.4, -0.2) is 19.4 Å². The zero-order valence-electron chi connectivity index (χ0n) is 12.2. The molecular formula is C15H17N3O2S. The highest BCUT2D eigenvalue weighted by molar-refractivity contribution is 7.89. The van der Waals surface area contributed by atoms with Crippen molar-refractivity contribution in [1.29, 1.82) is 5.26 Å². The molecule has 110 valence electrons. The van der Waals surface area contributed by atoms with Gasteiger partial charge in [0, 0.05) is 11.6 Å². The minimum Gasteiger partial charge on any atom is -0.256 e. The van der Waals surface area contributed by atoms with Crippen LogP contribution in [0.1, 0.15) is 19.4 Å². The Labute approximate surface area is 124 Å². The Balaban J connectivity index is 2.56. The predicted molar refractivity (Wildman–Crippen MR) is 81.0 cm³/mol. The molecule has 0 fully saturated rings. The van der Waals surface area contributed by atoms with Gasteiger partial charge in [0.15, 0.2) is 0 Å². The summed E-state index contributed by atoms with van der Waals surface area (Å²) in [6, 6.07) is 7.92. The van der Waals surface area contributed by atoms with E-state index in [0.717, 1.165) is 5.56 Å². The highest BCUT2D eigenvalue weighted by Gasteiger charge is 2.24. The maximum atomic E-state index is 12.5. The Kier molecular flexibility index (Phi) is 4.26. The van der Waals surface area contributed by atoms with E-state index >= 15 is 0 Å². The number of rotatable bonds is 4. The van der Waals surface area contributed by atoms with Crippen molar-refractivity contribution in [3.8, 4) is 6.07 Å². The van der Waals surface area contributed by atoms with Crippen molar-refractivity contribution < 1.29 is 8.42 Å². The minimum atomic E-state index is -3.77. The number of aryl methyl sites for hydroxylation is 1. The molecule has 1 aromatic carbocycles. The number of nitrogens with one attached hydrogen (secondary N) is 1. The monoisotopic (exact) mass is 303 g/mol. The van der Waals surface area contributed by atoms with Crippen LogP contribution >= 0.6 is 0 Å². The van der Waals surface area contributed by atoms with Crippen molar-refractivity contribution in [2.24, 2.45) is 5.92 Å². The predicted octanol–water partition coefficient (Wildman–Crippen LogP) is 2.37. The van der Waals surface area contributed by atoms with E-state index in [9.17, 15) is 8.42 Å². The summed E-state index contributed by atoms with van der Waals surface area (Å²) in [5.41, 5.74) is 1.56. The molecule has 0 amide bonds. The quantitative estimate of drug-likeness (QED) is 0.940. The maximum Gasteiger partial charge on any atom is 0.242 e. The van der Waals surface area contributed by atoms with Gasteiger partial charge in [0.05, 0.1) is 16.5 Å². The molecule has 0 aliphatic heterocycles. The lowest BCUT2D eigenvalue weighted by Crippen LogP contribution is -2.37. The first-order valence-electron chi connectivity index (χ1n) is 6.63. The van der Waals surface area contributed by atoms with Crippen LogP contribution in [0.15, 0.2) is 35.4 Å². The Hall–Kier alpha value is -1.97. The van der Waals surface area contributed by atoms with E-state index in [2.05, 4.69) is 9.71 Å². The molecule has 0 saturated heterocycles. The van der Waals surface area contributed by atoms with Crippen LogP contribution in [0, 0.1) is 24.2 Å². The van der Waals surface area contributed by atoms with Gasteiger partial charge in [-0.2, -0.15) is 9.98 Å². The Morgan fingerprint density at radius 2 is 2.00 bits per heavy atom. The highest BCUT2D eigenvalue weighted by Crippen LogP contribution is 2.24. The minimum absolute atomic E-state index is 0.111. The molecule has 0 radical (unpaired) electrons. The molecule has 1 unspecified atom stereocenters. The van der Waals surface area contributed by atoms with Gasteiger partial charge in [-0.15, -0.1) is 0 Å². The lowest BCUT2D eigenvalue weighted by Gasteiger charge is -2.16. The standard InChI is InChI=1S/C15H17N3O2S/c1-10(2)13(9-16)18-21(19,20)14-7-6-11(3)15-12(14)5-4-8-17-15/h4-8,10,13,18H,1-3H3. The molecule has 1 atom stereocenters. The number of hydrogen-bond acceptors (Lipinski definition) is 4. The molecule has 1 heterocycles. The van der Waals surface area contributed by atoms with E-state index in [4.69, 9.17) is 5.26 Å². The molecule has 2 aromatic rings. The van der Waals surface area contributed by atoms with E-state index < -0.39 is 16.1 Å². The SMILES string of the molecule is Cc1ccc(S(=O)(=O)NC(C#N)C(C)C)c2cccnc12. The Morgan fingerprint density at radius 3 is 2.62 bits per heavy atom. The summed E-state index contributed by atoms with van der Waals surface area (Å²) in [5.74, 6) is -0.111. The molecular weight excluding hydrogens is 286 g/mol. The number of aromatic nitrogens is 1. The molecule has 21 heavy (non-hydrogen) atoms. The third kappa shape index (κ3) is 3.04. The first kappa shape index (κ1) is 15.4. The van der Waals surface area contributed by atoms with Crippen LogP contribution in [-0.2, 0) is 10.0 Å². The van der Waals surface area contributed by atoms with E-state index in [-0.39, 0.29) is 10.8 Å². The molecule has 5 nitrogen and oxygen atoms in total. The molecule has 0 saturated carbocycles. The van der Waals surface area contributed by atoms with Gasteiger partial charge < -0.3 is 0 Å². The van der Waals surface area contributed by atoms with Gasteiger partial charge in [-0.3, -0.25) is 4.98 Å². The fourth-order valence-electron chi connectivity index (χ4n) is 2.06. The van der Waals surface area contributed by atoms with Crippen LogP contribution in [0.2, 0.25) is 0 Å². The van der Waals surface area contributed by atoms with Crippen LogP contribution < -0.4 is 4.72 Å². The first-order valence-corrected chi connectivity index (χ1v) is 8.11. The van der Waals surface area contributed by atoms with E-state index in [0.29, 0.717) is 10.9 Å². The highest BCUT2D eigenvalue weighted by atomic mass is 32.2. The van der Waals surface area contributed by atoms with Crippen molar-refractivity contribution in [2.45, 2.75) is 31.7 Å². The van der Waals surface area contributed by atoms with Gasteiger partial charge >= 0.3 is 0 Å². The smallest absolute Gasteiger partial charge is 0.242 e. The van der Waals surface area contributed by atoms with E-state index in [1.165, 1.54) is 0 Å². The molecule has 0 bridgehead atoms. The number of benzene rings is 1. The second-order valence-corrected chi connectivity index (χ2v) is 6.93. The van der Waals surface area contributed by atoms with Crippen molar-refractivity contribution in [3.63, 3.8) is 0 Å². The molecule has 6 heteroatoms. The van der Waals surface area contributed by atoms with Crippen LogP contribution in [0.25, 0.3) is 10.9 Å². The van der Waals surface area contributed by atoms with Gasteiger partial charge in [-0.05, 0) is 36.6 Å². The topological polar surface area (TPSA) is 82.9 Å². The summed E-state index contributed by atoms with van der Waals surface area (Å²) < 4.78 is 27.5. The average molecular weight is 303 g/mol. The fraction of sp³-hybridized carbons (Fsp3) is 0.333.